The Kier molecular flexibility index (Phi) is 9.05. The van der Waals surface area contributed by atoms with Gasteiger partial charge in [0, 0.05) is 43.1 Å². The minimum atomic E-state index is -6.00. The molecule has 5 rings (SSSR count). The molecule has 30 heavy (non-hydrogen) atoms. The maximum absolute atomic E-state index is 13.5. The SMILES string of the molecule is Cc1ccccc1C.F[B-](F)(F)F.Fc1c(F)c(F)c2c(c1F)C1C=CC2C=C1.[Ir]. The molecule has 3 aliphatic rings. The topological polar surface area (TPSA) is 0 Å². The molecule has 3 aliphatic carbocycles. The zero-order valence-electron chi connectivity index (χ0n) is 15.7. The molecule has 1 radical (unpaired) electrons. The van der Waals surface area contributed by atoms with E-state index in [9.17, 15) is 34.8 Å². The zero-order valence-corrected chi connectivity index (χ0v) is 18.1. The average molecular weight is 611 g/mol. The second kappa shape index (κ2) is 10.4. The second-order valence-electron chi connectivity index (χ2n) is 6.48. The van der Waals surface area contributed by atoms with Crippen molar-refractivity contribution in [3.8, 4) is 0 Å². The van der Waals surface area contributed by atoms with E-state index in [4.69, 9.17) is 0 Å². The predicted molar refractivity (Wildman–Crippen MR) is 96.1 cm³/mol. The molecule has 165 valence electrons. The van der Waals surface area contributed by atoms with Crippen molar-refractivity contribution in [3.05, 3.63) is 94.1 Å². The Morgan fingerprint density at radius 2 is 0.867 bits per heavy atom. The van der Waals surface area contributed by atoms with Crippen molar-refractivity contribution in [1.82, 2.24) is 0 Å². The summed E-state index contributed by atoms with van der Waals surface area (Å²) in [6.07, 6.45) is 6.64. The Labute approximate surface area is 182 Å². The van der Waals surface area contributed by atoms with E-state index in [-0.39, 0.29) is 31.2 Å². The Hall–Kier alpha value is -1.93. The first kappa shape index (κ1) is 26.1. The summed E-state index contributed by atoms with van der Waals surface area (Å²) in [5.74, 6) is -7.01. The molecule has 0 saturated carbocycles. The Bertz CT molecular complexity index is 865. The molecule has 0 spiro atoms. The summed E-state index contributed by atoms with van der Waals surface area (Å²) >= 11 is 0. The molecule has 2 aromatic rings. The van der Waals surface area contributed by atoms with Crippen LogP contribution in [-0.4, -0.2) is 7.25 Å². The summed E-state index contributed by atoms with van der Waals surface area (Å²) in [6.45, 7) is 4.24. The third-order valence-electron chi connectivity index (χ3n) is 4.49. The van der Waals surface area contributed by atoms with E-state index in [1.54, 1.807) is 24.3 Å². The van der Waals surface area contributed by atoms with Gasteiger partial charge in [0.25, 0.3) is 0 Å². The molecule has 0 aliphatic heterocycles. The van der Waals surface area contributed by atoms with Gasteiger partial charge in [0.05, 0.1) is 0 Å². The van der Waals surface area contributed by atoms with Crippen LogP contribution in [-0.2, 0) is 20.1 Å². The molecule has 0 amide bonds. The Balaban J connectivity index is 0.000000271. The molecule has 0 aromatic heterocycles. The normalized spacial score (nSPS) is 17.8. The first-order chi connectivity index (χ1) is 13.4. The number of halogens is 8. The van der Waals surface area contributed by atoms with Gasteiger partial charge in [-0.3, -0.25) is 0 Å². The third-order valence-corrected chi connectivity index (χ3v) is 4.49. The quantitative estimate of drug-likeness (QED) is 0.0977. The predicted octanol–water partition coefficient (Wildman–Crippen LogP) is 7.15. The van der Waals surface area contributed by atoms with E-state index in [1.165, 1.54) is 11.1 Å². The van der Waals surface area contributed by atoms with Crippen LogP contribution in [0.4, 0.5) is 34.8 Å². The van der Waals surface area contributed by atoms with Crippen LogP contribution in [0.15, 0.2) is 48.6 Å². The van der Waals surface area contributed by atoms with Gasteiger partial charge in [0.1, 0.15) is 0 Å². The van der Waals surface area contributed by atoms with E-state index in [0.29, 0.717) is 0 Å². The summed E-state index contributed by atoms with van der Waals surface area (Å²) < 4.78 is 92.2. The molecule has 10 heteroatoms. The summed E-state index contributed by atoms with van der Waals surface area (Å²) in [5, 5.41) is 0. The van der Waals surface area contributed by atoms with Crippen LogP contribution >= 0.6 is 0 Å². The van der Waals surface area contributed by atoms with Gasteiger partial charge in [-0.15, -0.1) is 0 Å². The van der Waals surface area contributed by atoms with Gasteiger partial charge < -0.3 is 17.3 Å². The van der Waals surface area contributed by atoms with Crippen molar-refractivity contribution in [2.24, 2.45) is 0 Å². The van der Waals surface area contributed by atoms with Gasteiger partial charge in [0.15, 0.2) is 23.3 Å². The van der Waals surface area contributed by atoms with Crippen LogP contribution in [0.5, 0.6) is 0 Å². The van der Waals surface area contributed by atoms with Crippen molar-refractivity contribution < 1.29 is 54.9 Å². The van der Waals surface area contributed by atoms with E-state index < -0.39 is 42.4 Å². The molecule has 2 bridgehead atoms. The van der Waals surface area contributed by atoms with Gasteiger partial charge in [-0.2, -0.15) is 0 Å². The van der Waals surface area contributed by atoms with Gasteiger partial charge in [-0.05, 0) is 25.0 Å². The minimum absolute atomic E-state index is 0. The molecule has 2 aromatic carbocycles. The molecule has 0 atom stereocenters. The number of hydrogen-bond acceptors (Lipinski definition) is 0. The van der Waals surface area contributed by atoms with Crippen molar-refractivity contribution in [2.45, 2.75) is 25.7 Å². The standard InChI is InChI=1S/C12H6F4.C8H10.BF4.Ir/c13-9-7-5-1-2-6(4-3-5)8(7)10(14)12(16)11(9)15;1-7-5-3-4-6-8(7)2;2-1(3,4)5;/h1-6H;3-6H,1-2H3;;/q;;-1;. The van der Waals surface area contributed by atoms with Crippen LogP contribution in [0.25, 0.3) is 0 Å². The summed E-state index contributed by atoms with van der Waals surface area (Å²) in [4.78, 5) is 0. The second-order valence-corrected chi connectivity index (χ2v) is 6.48. The third kappa shape index (κ3) is 6.28. The van der Waals surface area contributed by atoms with E-state index in [0.717, 1.165) is 0 Å². The fraction of sp³-hybridized carbons (Fsp3) is 0.200. The van der Waals surface area contributed by atoms with Crippen molar-refractivity contribution >= 4 is 7.25 Å². The molecule has 0 unspecified atom stereocenters. The number of aryl methyl sites for hydroxylation is 2. The van der Waals surface area contributed by atoms with Gasteiger partial charge in [-0.25, -0.2) is 17.6 Å². The first-order valence-corrected chi connectivity index (χ1v) is 8.53. The Morgan fingerprint density at radius 1 is 0.600 bits per heavy atom. The maximum Gasteiger partial charge on any atom is 0.673 e. The Morgan fingerprint density at radius 3 is 1.10 bits per heavy atom. The number of benzene rings is 2. The van der Waals surface area contributed by atoms with Gasteiger partial charge >= 0.3 is 7.25 Å². The molecule has 0 fully saturated rings. The molecule has 0 heterocycles. The van der Waals surface area contributed by atoms with Gasteiger partial charge in [-0.1, -0.05) is 48.6 Å². The molecule has 0 N–H and O–H groups in total. The maximum atomic E-state index is 13.5. The van der Waals surface area contributed by atoms with E-state index >= 15 is 0 Å². The van der Waals surface area contributed by atoms with Crippen LogP contribution in [0.1, 0.15) is 34.1 Å². The van der Waals surface area contributed by atoms with Crippen molar-refractivity contribution in [3.63, 3.8) is 0 Å². The number of rotatable bonds is 0. The van der Waals surface area contributed by atoms with Gasteiger partial charge in [0.2, 0.25) is 0 Å². The fourth-order valence-corrected chi connectivity index (χ4v) is 2.97. The molecule has 0 saturated heterocycles. The first-order valence-electron chi connectivity index (χ1n) is 8.53. The number of hydrogen-bond donors (Lipinski definition) is 0. The van der Waals surface area contributed by atoms with Crippen LogP contribution in [0.2, 0.25) is 0 Å². The van der Waals surface area contributed by atoms with Crippen LogP contribution in [0, 0.1) is 37.1 Å². The number of allylic oxidation sites excluding steroid dienone is 4. The summed E-state index contributed by atoms with van der Waals surface area (Å²) in [6, 6.07) is 8.36. The smallest absolute Gasteiger partial charge is 0.418 e. The molecule has 0 nitrogen and oxygen atoms in total. The largest absolute Gasteiger partial charge is 0.673 e. The molecular formula is C20H16BF8Ir-. The fourth-order valence-electron chi connectivity index (χ4n) is 2.97. The van der Waals surface area contributed by atoms with Crippen LogP contribution in [0.3, 0.4) is 0 Å². The molecular weight excluding hydrogens is 595 g/mol. The van der Waals surface area contributed by atoms with Crippen molar-refractivity contribution in [2.75, 3.05) is 0 Å². The minimum Gasteiger partial charge on any atom is -0.418 e. The summed E-state index contributed by atoms with van der Waals surface area (Å²) in [5.41, 5.74) is 2.58. The average Bonchev–Trinajstić information content (AvgIpc) is 2.66. The summed E-state index contributed by atoms with van der Waals surface area (Å²) in [7, 11) is -6.00. The van der Waals surface area contributed by atoms with E-state index in [2.05, 4.69) is 38.1 Å². The zero-order chi connectivity index (χ0) is 21.9. The van der Waals surface area contributed by atoms with Crippen LogP contribution < -0.4 is 0 Å². The monoisotopic (exact) mass is 612 g/mol. The van der Waals surface area contributed by atoms with E-state index in [1.807, 2.05) is 0 Å². The van der Waals surface area contributed by atoms with Crippen molar-refractivity contribution in [1.29, 1.82) is 0 Å².